The van der Waals surface area contributed by atoms with E-state index in [9.17, 15) is 9.59 Å². The molecule has 2 saturated heterocycles. The number of piperidine rings is 2. The molecule has 0 aromatic carbocycles. The van der Waals surface area contributed by atoms with Crippen molar-refractivity contribution in [3.63, 3.8) is 0 Å². The maximum absolute atomic E-state index is 12.8. The van der Waals surface area contributed by atoms with Crippen LogP contribution in [0.5, 0.6) is 0 Å². The summed E-state index contributed by atoms with van der Waals surface area (Å²) in [6, 6.07) is 2.24. The minimum Gasteiger partial charge on any atom is -0.336 e. The van der Waals surface area contributed by atoms with Gasteiger partial charge in [-0.1, -0.05) is 0 Å². The largest absolute Gasteiger partial charge is 0.336 e. The quantitative estimate of drug-likeness (QED) is 0.838. The number of rotatable bonds is 2. The van der Waals surface area contributed by atoms with Gasteiger partial charge in [-0.25, -0.2) is 0 Å². The van der Waals surface area contributed by atoms with Gasteiger partial charge in [-0.3, -0.25) is 14.6 Å². The Balaban J connectivity index is 1.78. The lowest BCUT2D eigenvalue weighted by atomic mass is 10.0. The Labute approximate surface area is 144 Å². The van der Waals surface area contributed by atoms with Crippen molar-refractivity contribution in [2.24, 2.45) is 0 Å². The predicted molar refractivity (Wildman–Crippen MR) is 92.9 cm³/mol. The first-order chi connectivity index (χ1) is 11.6. The minimum absolute atomic E-state index is 0.00366. The molecule has 2 aliphatic heterocycles. The lowest BCUT2D eigenvalue weighted by Crippen LogP contribution is -2.43. The van der Waals surface area contributed by atoms with Crippen LogP contribution in [-0.4, -0.2) is 51.8 Å². The lowest BCUT2D eigenvalue weighted by Gasteiger charge is -2.34. The van der Waals surface area contributed by atoms with Crippen molar-refractivity contribution >= 4 is 11.8 Å². The summed E-state index contributed by atoms with van der Waals surface area (Å²) in [7, 11) is 0. The number of carbonyl (C=O) groups is 2. The molecule has 0 N–H and O–H groups in total. The number of carbonyl (C=O) groups excluding carboxylic acids is 2. The molecule has 5 heteroatoms. The highest BCUT2D eigenvalue weighted by molar-refractivity contribution is 5.99. The van der Waals surface area contributed by atoms with Crippen LogP contribution >= 0.6 is 0 Å². The van der Waals surface area contributed by atoms with E-state index in [4.69, 9.17) is 0 Å². The van der Waals surface area contributed by atoms with Gasteiger partial charge in [0.2, 0.25) is 0 Å². The second kappa shape index (κ2) is 7.32. The Morgan fingerprint density at radius 3 is 1.75 bits per heavy atom. The van der Waals surface area contributed by atoms with Gasteiger partial charge in [-0.2, -0.15) is 0 Å². The molecule has 130 valence electrons. The third kappa shape index (κ3) is 3.45. The summed E-state index contributed by atoms with van der Waals surface area (Å²) in [5, 5.41) is 0. The van der Waals surface area contributed by atoms with E-state index in [2.05, 4.69) is 18.8 Å². The van der Waals surface area contributed by atoms with Crippen LogP contribution in [0.3, 0.4) is 0 Å². The van der Waals surface area contributed by atoms with E-state index in [1.807, 2.05) is 9.80 Å². The number of aromatic nitrogens is 1. The molecule has 1 aromatic heterocycles. The molecule has 3 heterocycles. The third-order valence-corrected chi connectivity index (χ3v) is 5.36. The van der Waals surface area contributed by atoms with E-state index in [0.29, 0.717) is 11.1 Å². The molecule has 2 aliphatic rings. The van der Waals surface area contributed by atoms with E-state index in [1.165, 1.54) is 12.8 Å². The molecule has 24 heavy (non-hydrogen) atoms. The van der Waals surface area contributed by atoms with Crippen molar-refractivity contribution in [2.45, 2.75) is 64.5 Å². The van der Waals surface area contributed by atoms with Gasteiger partial charge in [0.15, 0.2) is 0 Å². The van der Waals surface area contributed by atoms with Crippen molar-refractivity contribution in [2.75, 3.05) is 13.1 Å². The van der Waals surface area contributed by atoms with Crippen LogP contribution in [0.2, 0.25) is 0 Å². The summed E-state index contributed by atoms with van der Waals surface area (Å²) in [5.41, 5.74) is 1.05. The van der Waals surface area contributed by atoms with Crippen LogP contribution in [0.15, 0.2) is 18.5 Å². The molecular formula is C19H27N3O2. The molecule has 3 rings (SSSR count). The highest BCUT2D eigenvalue weighted by atomic mass is 16.2. The zero-order valence-electron chi connectivity index (χ0n) is 14.7. The normalized spacial score (nSPS) is 24.8. The average molecular weight is 329 g/mol. The summed E-state index contributed by atoms with van der Waals surface area (Å²) >= 11 is 0. The standard InChI is InChI=1S/C19H27N3O2/c1-14-7-3-5-9-21(14)18(23)16-11-17(13-20-12-16)19(24)22-10-6-4-8-15(22)2/h11-15H,3-10H2,1-2H3. The van der Waals surface area contributed by atoms with Gasteiger partial charge in [0.1, 0.15) is 0 Å². The van der Waals surface area contributed by atoms with E-state index < -0.39 is 0 Å². The first-order valence-electron chi connectivity index (χ1n) is 9.15. The fourth-order valence-electron chi connectivity index (χ4n) is 3.81. The summed E-state index contributed by atoms with van der Waals surface area (Å²) in [4.78, 5) is 33.6. The van der Waals surface area contributed by atoms with Crippen LogP contribution in [0.4, 0.5) is 0 Å². The molecule has 0 bridgehead atoms. The SMILES string of the molecule is CC1CCCCN1C(=O)c1cncc(C(=O)N2CCCCC2C)c1. The second-order valence-corrected chi connectivity index (χ2v) is 7.15. The number of amides is 2. The Hall–Kier alpha value is -1.91. The van der Waals surface area contributed by atoms with E-state index in [-0.39, 0.29) is 23.9 Å². The van der Waals surface area contributed by atoms with Crippen LogP contribution in [-0.2, 0) is 0 Å². The molecule has 0 aliphatic carbocycles. The minimum atomic E-state index is -0.00366. The number of pyridine rings is 1. The van der Waals surface area contributed by atoms with Crippen LogP contribution < -0.4 is 0 Å². The van der Waals surface area contributed by atoms with Gasteiger partial charge < -0.3 is 9.80 Å². The Morgan fingerprint density at radius 1 is 0.875 bits per heavy atom. The van der Waals surface area contributed by atoms with Crippen molar-refractivity contribution < 1.29 is 9.59 Å². The fourth-order valence-corrected chi connectivity index (χ4v) is 3.81. The fraction of sp³-hybridized carbons (Fsp3) is 0.632. The third-order valence-electron chi connectivity index (χ3n) is 5.36. The van der Waals surface area contributed by atoms with Crippen molar-refractivity contribution in [3.8, 4) is 0 Å². The Morgan fingerprint density at radius 2 is 1.33 bits per heavy atom. The number of likely N-dealkylation sites (tertiary alicyclic amines) is 2. The molecule has 2 amide bonds. The van der Waals surface area contributed by atoms with Gasteiger partial charge >= 0.3 is 0 Å². The van der Waals surface area contributed by atoms with E-state index >= 15 is 0 Å². The van der Waals surface area contributed by atoms with Gasteiger partial charge in [-0.15, -0.1) is 0 Å². The highest BCUT2D eigenvalue weighted by Gasteiger charge is 2.27. The first kappa shape index (κ1) is 16.9. The number of hydrogen-bond donors (Lipinski definition) is 0. The summed E-state index contributed by atoms with van der Waals surface area (Å²) < 4.78 is 0. The molecule has 0 spiro atoms. The predicted octanol–water partition coefficient (Wildman–Crippen LogP) is 3.11. The molecule has 2 atom stereocenters. The second-order valence-electron chi connectivity index (χ2n) is 7.15. The van der Waals surface area contributed by atoms with Crippen molar-refractivity contribution in [1.82, 2.24) is 14.8 Å². The van der Waals surface area contributed by atoms with Gasteiger partial charge in [-0.05, 0) is 58.4 Å². The Bertz CT molecular complexity index is 567. The summed E-state index contributed by atoms with van der Waals surface area (Å²) in [6.45, 7) is 5.77. The zero-order valence-corrected chi connectivity index (χ0v) is 14.7. The lowest BCUT2D eigenvalue weighted by molar-refractivity contribution is 0.0633. The van der Waals surface area contributed by atoms with Crippen molar-refractivity contribution in [1.29, 1.82) is 0 Å². The monoisotopic (exact) mass is 329 g/mol. The zero-order chi connectivity index (χ0) is 17.1. The topological polar surface area (TPSA) is 53.5 Å². The molecule has 2 fully saturated rings. The van der Waals surface area contributed by atoms with Crippen LogP contribution in [0.1, 0.15) is 73.1 Å². The summed E-state index contributed by atoms with van der Waals surface area (Å²) in [6.07, 6.45) is 9.70. The molecule has 1 aromatic rings. The number of nitrogens with zero attached hydrogens (tertiary/aromatic N) is 3. The maximum atomic E-state index is 12.8. The number of hydrogen-bond acceptors (Lipinski definition) is 3. The van der Waals surface area contributed by atoms with E-state index in [0.717, 1.165) is 38.8 Å². The maximum Gasteiger partial charge on any atom is 0.255 e. The molecule has 0 saturated carbocycles. The van der Waals surface area contributed by atoms with Crippen LogP contribution in [0, 0.1) is 0 Å². The van der Waals surface area contributed by atoms with Gasteiger partial charge in [0.25, 0.3) is 11.8 Å². The van der Waals surface area contributed by atoms with E-state index in [1.54, 1.807) is 18.5 Å². The molecule has 2 unspecified atom stereocenters. The van der Waals surface area contributed by atoms with Gasteiger partial charge in [0.05, 0.1) is 11.1 Å². The average Bonchev–Trinajstić information content (AvgIpc) is 2.61. The van der Waals surface area contributed by atoms with Crippen LogP contribution in [0.25, 0.3) is 0 Å². The molecule has 5 nitrogen and oxygen atoms in total. The van der Waals surface area contributed by atoms with Crippen molar-refractivity contribution in [3.05, 3.63) is 29.6 Å². The highest BCUT2D eigenvalue weighted by Crippen LogP contribution is 2.21. The molecule has 0 radical (unpaired) electrons. The summed E-state index contributed by atoms with van der Waals surface area (Å²) in [5.74, 6) is -0.00733. The Kier molecular flexibility index (Phi) is 5.17. The molecular weight excluding hydrogens is 302 g/mol. The smallest absolute Gasteiger partial charge is 0.255 e. The van der Waals surface area contributed by atoms with Gasteiger partial charge in [0, 0.05) is 37.6 Å². The first-order valence-corrected chi connectivity index (χ1v) is 9.15.